The molecule has 0 spiro atoms. The second-order valence-electron chi connectivity index (χ2n) is 4.25. The van der Waals surface area contributed by atoms with Gasteiger partial charge in [0.2, 0.25) is 0 Å². The van der Waals surface area contributed by atoms with Crippen LogP contribution in [0.4, 0.5) is 0 Å². The molecular formula is C12H16ClIN2S. The highest BCUT2D eigenvalue weighted by Gasteiger charge is 2.23. The van der Waals surface area contributed by atoms with Gasteiger partial charge in [0, 0.05) is 5.92 Å². The molecule has 0 unspecified atom stereocenters. The molecule has 0 N–H and O–H groups in total. The van der Waals surface area contributed by atoms with Gasteiger partial charge in [0.25, 0.3) is 0 Å². The minimum absolute atomic E-state index is 0.604. The third-order valence-corrected chi connectivity index (χ3v) is 5.59. The fourth-order valence-electron chi connectivity index (χ4n) is 2.21. The lowest BCUT2D eigenvalue weighted by molar-refractivity contribution is 0.683. The summed E-state index contributed by atoms with van der Waals surface area (Å²) in [4.78, 5) is 9.10. The maximum atomic E-state index is 6.21. The van der Waals surface area contributed by atoms with Gasteiger partial charge < -0.3 is 0 Å². The monoisotopic (exact) mass is 382 g/mol. The molecule has 17 heavy (non-hydrogen) atoms. The molecule has 1 heterocycles. The molecule has 1 aliphatic carbocycles. The van der Waals surface area contributed by atoms with Crippen molar-refractivity contribution in [2.24, 2.45) is 0 Å². The maximum absolute atomic E-state index is 6.21. The van der Waals surface area contributed by atoms with Crippen LogP contribution in [-0.2, 0) is 5.75 Å². The van der Waals surface area contributed by atoms with Gasteiger partial charge in [-0.05, 0) is 41.2 Å². The Balaban J connectivity index is 2.25. The molecule has 94 valence electrons. The summed E-state index contributed by atoms with van der Waals surface area (Å²) < 4.78 is 1.06. The minimum atomic E-state index is 0.604. The SMILES string of the molecule is CCSCc1nc(Cl)c(I)c(C2CCCC2)n1. The van der Waals surface area contributed by atoms with Gasteiger partial charge in [-0.1, -0.05) is 31.4 Å². The van der Waals surface area contributed by atoms with E-state index in [4.69, 9.17) is 16.6 Å². The Kier molecular flexibility index (Phi) is 5.36. The zero-order chi connectivity index (χ0) is 12.3. The first-order valence-electron chi connectivity index (χ1n) is 6.02. The average Bonchev–Trinajstić information content (AvgIpc) is 2.84. The van der Waals surface area contributed by atoms with Gasteiger partial charge in [0.1, 0.15) is 11.0 Å². The topological polar surface area (TPSA) is 25.8 Å². The Hall–Kier alpha value is 0.450. The van der Waals surface area contributed by atoms with Crippen molar-refractivity contribution in [3.8, 4) is 0 Å². The molecule has 2 rings (SSSR count). The van der Waals surface area contributed by atoms with E-state index in [9.17, 15) is 0 Å². The minimum Gasteiger partial charge on any atom is -0.236 e. The van der Waals surface area contributed by atoms with Crippen molar-refractivity contribution in [1.29, 1.82) is 0 Å². The van der Waals surface area contributed by atoms with Crippen LogP contribution in [0.5, 0.6) is 0 Å². The molecule has 2 nitrogen and oxygen atoms in total. The largest absolute Gasteiger partial charge is 0.236 e. The van der Waals surface area contributed by atoms with Gasteiger partial charge in [-0.25, -0.2) is 9.97 Å². The molecular weight excluding hydrogens is 367 g/mol. The Morgan fingerprint density at radius 2 is 2.06 bits per heavy atom. The number of aromatic nitrogens is 2. The molecule has 5 heteroatoms. The predicted molar refractivity (Wildman–Crippen MR) is 82.8 cm³/mol. The molecule has 0 bridgehead atoms. The van der Waals surface area contributed by atoms with Crippen molar-refractivity contribution >= 4 is 46.0 Å². The molecule has 0 aliphatic heterocycles. The third kappa shape index (κ3) is 3.47. The lowest BCUT2D eigenvalue weighted by atomic mass is 10.0. The Morgan fingerprint density at radius 1 is 1.35 bits per heavy atom. The molecule has 1 aliphatic rings. The van der Waals surface area contributed by atoms with E-state index in [-0.39, 0.29) is 0 Å². The average molecular weight is 383 g/mol. The van der Waals surface area contributed by atoms with Crippen LogP contribution < -0.4 is 0 Å². The molecule has 1 fully saturated rings. The summed E-state index contributed by atoms with van der Waals surface area (Å²) in [6.45, 7) is 2.15. The molecule has 0 atom stereocenters. The normalized spacial score (nSPS) is 16.6. The van der Waals surface area contributed by atoms with Crippen LogP contribution in [0.2, 0.25) is 5.15 Å². The molecule has 1 aromatic heterocycles. The van der Waals surface area contributed by atoms with Crippen LogP contribution in [0.15, 0.2) is 0 Å². The molecule has 0 aromatic carbocycles. The van der Waals surface area contributed by atoms with Crippen molar-refractivity contribution in [2.45, 2.75) is 44.3 Å². The van der Waals surface area contributed by atoms with Gasteiger partial charge in [0.05, 0.1) is 15.0 Å². The Morgan fingerprint density at radius 3 is 2.71 bits per heavy atom. The number of nitrogens with zero attached hydrogens (tertiary/aromatic N) is 2. The lowest BCUT2D eigenvalue weighted by Gasteiger charge is -2.13. The highest BCUT2D eigenvalue weighted by atomic mass is 127. The van der Waals surface area contributed by atoms with Crippen LogP contribution in [0.3, 0.4) is 0 Å². The zero-order valence-electron chi connectivity index (χ0n) is 9.88. The lowest BCUT2D eigenvalue weighted by Crippen LogP contribution is -2.06. The summed E-state index contributed by atoms with van der Waals surface area (Å²) in [6, 6.07) is 0. The number of hydrogen-bond acceptors (Lipinski definition) is 3. The van der Waals surface area contributed by atoms with E-state index in [2.05, 4.69) is 34.5 Å². The summed E-state index contributed by atoms with van der Waals surface area (Å²) in [5.74, 6) is 3.45. The zero-order valence-corrected chi connectivity index (χ0v) is 13.6. The van der Waals surface area contributed by atoms with Crippen LogP contribution in [-0.4, -0.2) is 15.7 Å². The number of rotatable bonds is 4. The van der Waals surface area contributed by atoms with Crippen LogP contribution in [0, 0.1) is 3.57 Å². The summed E-state index contributed by atoms with van der Waals surface area (Å²) in [7, 11) is 0. The van der Waals surface area contributed by atoms with E-state index >= 15 is 0 Å². The van der Waals surface area contributed by atoms with Crippen molar-refractivity contribution in [3.05, 3.63) is 20.2 Å². The van der Waals surface area contributed by atoms with E-state index in [0.717, 1.165) is 20.9 Å². The number of thioether (sulfide) groups is 1. The van der Waals surface area contributed by atoms with Gasteiger partial charge in [-0.15, -0.1) is 0 Å². The highest BCUT2D eigenvalue weighted by Crippen LogP contribution is 2.36. The van der Waals surface area contributed by atoms with Gasteiger partial charge in [-0.3, -0.25) is 0 Å². The van der Waals surface area contributed by atoms with E-state index < -0.39 is 0 Å². The van der Waals surface area contributed by atoms with E-state index in [1.807, 2.05) is 11.8 Å². The summed E-state index contributed by atoms with van der Waals surface area (Å²) >= 11 is 10.3. The fraction of sp³-hybridized carbons (Fsp3) is 0.667. The smallest absolute Gasteiger partial charge is 0.146 e. The number of halogens is 2. The van der Waals surface area contributed by atoms with E-state index in [0.29, 0.717) is 11.1 Å². The predicted octanol–water partition coefficient (Wildman–Crippen LogP) is 4.65. The Labute approximate surface area is 125 Å². The molecule has 0 amide bonds. The van der Waals surface area contributed by atoms with Crippen LogP contribution in [0.25, 0.3) is 0 Å². The van der Waals surface area contributed by atoms with Gasteiger partial charge in [0.15, 0.2) is 0 Å². The maximum Gasteiger partial charge on any atom is 0.146 e. The molecule has 1 saturated carbocycles. The van der Waals surface area contributed by atoms with Crippen LogP contribution in [0.1, 0.15) is 50.0 Å². The standard InChI is InChI=1S/C12H16ClIN2S/c1-2-17-7-9-15-11(8-5-3-4-6-8)10(14)12(13)16-9/h8H,2-7H2,1H3. The Bertz CT molecular complexity index is 394. The highest BCUT2D eigenvalue weighted by molar-refractivity contribution is 14.1. The summed E-state index contributed by atoms with van der Waals surface area (Å²) in [5, 5.41) is 0.634. The van der Waals surface area contributed by atoms with Crippen molar-refractivity contribution in [1.82, 2.24) is 9.97 Å². The van der Waals surface area contributed by atoms with E-state index in [1.165, 1.54) is 31.4 Å². The third-order valence-electron chi connectivity index (χ3n) is 3.06. The first kappa shape index (κ1) is 13.9. The quantitative estimate of drug-likeness (QED) is 0.560. The summed E-state index contributed by atoms with van der Waals surface area (Å²) in [5.41, 5.74) is 1.19. The van der Waals surface area contributed by atoms with Crippen LogP contribution >= 0.6 is 46.0 Å². The second kappa shape index (κ2) is 6.57. The fourth-order valence-corrected chi connectivity index (χ4v) is 3.60. The van der Waals surface area contributed by atoms with Crippen molar-refractivity contribution in [3.63, 3.8) is 0 Å². The molecule has 0 radical (unpaired) electrons. The first-order chi connectivity index (χ1) is 8.22. The second-order valence-corrected chi connectivity index (χ2v) is 6.96. The van der Waals surface area contributed by atoms with Crippen molar-refractivity contribution in [2.75, 3.05) is 5.75 Å². The van der Waals surface area contributed by atoms with Crippen molar-refractivity contribution < 1.29 is 0 Å². The summed E-state index contributed by atoms with van der Waals surface area (Å²) in [6.07, 6.45) is 5.15. The van der Waals surface area contributed by atoms with Gasteiger partial charge in [-0.2, -0.15) is 11.8 Å². The molecule has 1 aromatic rings. The first-order valence-corrected chi connectivity index (χ1v) is 8.63. The van der Waals surface area contributed by atoms with E-state index in [1.54, 1.807) is 0 Å². The van der Waals surface area contributed by atoms with Gasteiger partial charge >= 0.3 is 0 Å². The molecule has 0 saturated heterocycles. The number of hydrogen-bond donors (Lipinski definition) is 0.